The summed E-state index contributed by atoms with van der Waals surface area (Å²) in [6.07, 6.45) is 2.15. The molecule has 1 N–H and O–H groups in total. The summed E-state index contributed by atoms with van der Waals surface area (Å²) in [6.45, 7) is 0.896. The predicted molar refractivity (Wildman–Crippen MR) is 76.5 cm³/mol. The monoisotopic (exact) mass is 248 g/mol. The van der Waals surface area contributed by atoms with Crippen LogP contribution in [0.5, 0.6) is 0 Å². The second-order valence-electron chi connectivity index (χ2n) is 5.46. The average Bonchev–Trinajstić information content (AvgIpc) is 3.00. The van der Waals surface area contributed by atoms with Crippen LogP contribution >= 0.6 is 0 Å². The summed E-state index contributed by atoms with van der Waals surface area (Å²) in [7, 11) is 0. The highest BCUT2D eigenvalue weighted by molar-refractivity contribution is 6.00. The highest BCUT2D eigenvalue weighted by atomic mass is 15.2. The van der Waals surface area contributed by atoms with Crippen LogP contribution in [0.25, 0.3) is 0 Å². The molecule has 0 amide bonds. The van der Waals surface area contributed by atoms with Gasteiger partial charge in [0.15, 0.2) is 0 Å². The Balaban J connectivity index is 1.63. The summed E-state index contributed by atoms with van der Waals surface area (Å²) >= 11 is 0. The Kier molecular flexibility index (Phi) is 2.25. The minimum atomic E-state index is 0.456. The predicted octanol–water partition coefficient (Wildman–Crippen LogP) is 2.99. The van der Waals surface area contributed by atoms with Gasteiger partial charge in [0.2, 0.25) is 0 Å². The molecule has 0 aromatic heterocycles. The van der Waals surface area contributed by atoms with Gasteiger partial charge in [0, 0.05) is 18.2 Å². The van der Waals surface area contributed by atoms with Crippen LogP contribution in [0.1, 0.15) is 22.3 Å². The molecule has 1 aliphatic carbocycles. The van der Waals surface area contributed by atoms with E-state index in [1.54, 1.807) is 0 Å². The molecule has 4 rings (SSSR count). The van der Waals surface area contributed by atoms with E-state index in [0.29, 0.717) is 11.9 Å². The van der Waals surface area contributed by atoms with Crippen LogP contribution in [0.15, 0.2) is 48.5 Å². The molecule has 2 aliphatic rings. The van der Waals surface area contributed by atoms with Crippen molar-refractivity contribution in [2.75, 3.05) is 0 Å². The molecule has 94 valence electrons. The van der Waals surface area contributed by atoms with Crippen molar-refractivity contribution in [2.45, 2.75) is 25.4 Å². The van der Waals surface area contributed by atoms with Gasteiger partial charge < -0.3 is 4.90 Å². The fourth-order valence-corrected chi connectivity index (χ4v) is 3.37. The van der Waals surface area contributed by atoms with Crippen molar-refractivity contribution in [2.24, 2.45) is 0 Å². The van der Waals surface area contributed by atoms with Crippen LogP contribution in [-0.4, -0.2) is 16.8 Å². The minimum absolute atomic E-state index is 0.456. The van der Waals surface area contributed by atoms with E-state index in [0.717, 1.165) is 24.9 Å². The SMILES string of the molecule is N=C1c2ccccc2CN1C1Cc2ccccc2C1. The van der Waals surface area contributed by atoms with Crippen molar-refractivity contribution in [1.82, 2.24) is 4.90 Å². The Bertz CT molecular complexity index is 635. The van der Waals surface area contributed by atoms with Crippen LogP contribution in [-0.2, 0) is 19.4 Å². The van der Waals surface area contributed by atoms with Gasteiger partial charge in [-0.3, -0.25) is 5.41 Å². The number of nitrogens with zero attached hydrogens (tertiary/aromatic N) is 1. The van der Waals surface area contributed by atoms with E-state index < -0.39 is 0 Å². The maximum absolute atomic E-state index is 8.39. The van der Waals surface area contributed by atoms with Crippen molar-refractivity contribution in [3.05, 3.63) is 70.8 Å². The third-order valence-corrected chi connectivity index (χ3v) is 4.37. The molecule has 2 heteroatoms. The molecule has 0 unspecified atom stereocenters. The maximum atomic E-state index is 8.39. The van der Waals surface area contributed by atoms with Crippen molar-refractivity contribution < 1.29 is 0 Å². The molecule has 0 spiro atoms. The molecule has 19 heavy (non-hydrogen) atoms. The van der Waals surface area contributed by atoms with Crippen molar-refractivity contribution in [3.8, 4) is 0 Å². The molecular formula is C17H16N2. The number of hydrogen-bond acceptors (Lipinski definition) is 1. The number of benzene rings is 2. The zero-order chi connectivity index (χ0) is 12.8. The molecule has 2 aromatic rings. The van der Waals surface area contributed by atoms with Gasteiger partial charge in [-0.05, 0) is 29.5 Å². The molecule has 1 heterocycles. The van der Waals surface area contributed by atoms with E-state index in [-0.39, 0.29) is 0 Å². The standard InChI is InChI=1S/C17H16N2/c18-17-16-8-4-3-7-14(16)11-19(17)15-9-12-5-1-2-6-13(12)10-15/h1-8,15,18H,9-11H2. The van der Waals surface area contributed by atoms with Crippen molar-refractivity contribution >= 4 is 5.84 Å². The Morgan fingerprint density at radius 1 is 0.842 bits per heavy atom. The van der Waals surface area contributed by atoms with Gasteiger partial charge in [-0.15, -0.1) is 0 Å². The van der Waals surface area contributed by atoms with Crippen LogP contribution < -0.4 is 0 Å². The molecule has 0 saturated carbocycles. The van der Waals surface area contributed by atoms with Crippen LogP contribution in [0.2, 0.25) is 0 Å². The zero-order valence-electron chi connectivity index (χ0n) is 10.8. The maximum Gasteiger partial charge on any atom is 0.128 e. The van der Waals surface area contributed by atoms with Gasteiger partial charge in [0.05, 0.1) is 0 Å². The summed E-state index contributed by atoms with van der Waals surface area (Å²) in [6, 6.07) is 17.4. The number of nitrogens with one attached hydrogen (secondary N) is 1. The van der Waals surface area contributed by atoms with Gasteiger partial charge >= 0.3 is 0 Å². The van der Waals surface area contributed by atoms with E-state index in [9.17, 15) is 0 Å². The van der Waals surface area contributed by atoms with Crippen LogP contribution in [0.3, 0.4) is 0 Å². The smallest absolute Gasteiger partial charge is 0.128 e. The topological polar surface area (TPSA) is 27.1 Å². The summed E-state index contributed by atoms with van der Waals surface area (Å²) in [4.78, 5) is 2.27. The van der Waals surface area contributed by atoms with Gasteiger partial charge in [-0.25, -0.2) is 0 Å². The second kappa shape index (κ2) is 3.95. The number of rotatable bonds is 1. The van der Waals surface area contributed by atoms with Gasteiger partial charge in [0.1, 0.15) is 5.84 Å². The Morgan fingerprint density at radius 2 is 1.42 bits per heavy atom. The van der Waals surface area contributed by atoms with Crippen LogP contribution in [0.4, 0.5) is 0 Å². The lowest BCUT2D eigenvalue weighted by Crippen LogP contribution is -2.36. The fourth-order valence-electron chi connectivity index (χ4n) is 3.37. The second-order valence-corrected chi connectivity index (χ2v) is 5.46. The fraction of sp³-hybridized carbons (Fsp3) is 0.235. The first kappa shape index (κ1) is 10.8. The lowest BCUT2D eigenvalue weighted by molar-refractivity contribution is 0.323. The summed E-state index contributed by atoms with van der Waals surface area (Å²) in [5.41, 5.74) is 5.31. The molecule has 1 aliphatic heterocycles. The Labute approximate surface area is 113 Å². The molecular weight excluding hydrogens is 232 g/mol. The lowest BCUT2D eigenvalue weighted by Gasteiger charge is -2.25. The first-order valence-electron chi connectivity index (χ1n) is 6.83. The molecule has 0 radical (unpaired) electrons. The molecule has 2 aromatic carbocycles. The number of amidine groups is 1. The Morgan fingerprint density at radius 3 is 2.05 bits per heavy atom. The van der Waals surface area contributed by atoms with Crippen molar-refractivity contribution in [3.63, 3.8) is 0 Å². The van der Waals surface area contributed by atoms with Gasteiger partial charge in [0.25, 0.3) is 0 Å². The molecule has 0 fully saturated rings. The normalized spacial score (nSPS) is 17.7. The van der Waals surface area contributed by atoms with E-state index in [1.165, 1.54) is 16.7 Å². The Hall–Kier alpha value is -2.09. The van der Waals surface area contributed by atoms with E-state index in [4.69, 9.17) is 5.41 Å². The zero-order valence-corrected chi connectivity index (χ0v) is 10.8. The molecule has 0 saturated heterocycles. The van der Waals surface area contributed by atoms with Crippen molar-refractivity contribution in [1.29, 1.82) is 5.41 Å². The molecule has 0 atom stereocenters. The minimum Gasteiger partial charge on any atom is -0.349 e. The quantitative estimate of drug-likeness (QED) is 0.825. The van der Waals surface area contributed by atoms with E-state index in [2.05, 4.69) is 47.4 Å². The molecule has 0 bridgehead atoms. The third kappa shape index (κ3) is 1.60. The number of hydrogen-bond donors (Lipinski definition) is 1. The molecule has 2 nitrogen and oxygen atoms in total. The first-order valence-corrected chi connectivity index (χ1v) is 6.83. The first-order chi connectivity index (χ1) is 9.33. The highest BCUT2D eigenvalue weighted by Crippen LogP contribution is 2.31. The summed E-state index contributed by atoms with van der Waals surface area (Å²) in [5, 5.41) is 8.39. The highest BCUT2D eigenvalue weighted by Gasteiger charge is 2.33. The summed E-state index contributed by atoms with van der Waals surface area (Å²) < 4.78 is 0. The average molecular weight is 248 g/mol. The van der Waals surface area contributed by atoms with E-state index >= 15 is 0 Å². The number of fused-ring (bicyclic) bond motifs is 2. The van der Waals surface area contributed by atoms with Gasteiger partial charge in [-0.2, -0.15) is 0 Å². The largest absolute Gasteiger partial charge is 0.349 e. The van der Waals surface area contributed by atoms with Crippen LogP contribution in [0, 0.1) is 5.41 Å². The lowest BCUT2D eigenvalue weighted by atomic mass is 10.1. The summed E-state index contributed by atoms with van der Waals surface area (Å²) in [5.74, 6) is 0.702. The van der Waals surface area contributed by atoms with Gasteiger partial charge in [-0.1, -0.05) is 48.5 Å². The third-order valence-electron chi connectivity index (χ3n) is 4.37. The van der Waals surface area contributed by atoms with E-state index in [1.807, 2.05) is 6.07 Å².